The Morgan fingerprint density at radius 1 is 1.20 bits per heavy atom. The van der Waals surface area contributed by atoms with Crippen LogP contribution in [0.2, 0.25) is 0 Å². The second-order valence-corrected chi connectivity index (χ2v) is 7.35. The lowest BCUT2D eigenvalue weighted by Crippen LogP contribution is -2.36. The van der Waals surface area contributed by atoms with Crippen LogP contribution in [0, 0.1) is 0 Å². The van der Waals surface area contributed by atoms with Gasteiger partial charge in [0.15, 0.2) is 0 Å². The number of sulfonamides is 1. The van der Waals surface area contributed by atoms with Crippen molar-refractivity contribution in [3.63, 3.8) is 0 Å². The summed E-state index contributed by atoms with van der Waals surface area (Å²) in [6, 6.07) is 10.4. The molecule has 25 heavy (non-hydrogen) atoms. The van der Waals surface area contributed by atoms with Crippen LogP contribution in [-0.4, -0.2) is 43.0 Å². The first-order valence-corrected chi connectivity index (χ1v) is 9.60. The van der Waals surface area contributed by atoms with Crippen LogP contribution < -0.4 is 10.1 Å². The van der Waals surface area contributed by atoms with Gasteiger partial charge in [-0.3, -0.25) is 9.78 Å². The summed E-state index contributed by atoms with van der Waals surface area (Å²) in [4.78, 5) is 16.2. The number of nitrogens with zero attached hydrogens (tertiary/aromatic N) is 2. The third kappa shape index (κ3) is 5.84. The second kappa shape index (κ2) is 8.59. The summed E-state index contributed by atoms with van der Waals surface area (Å²) in [6.07, 6.45) is 4.23. The van der Waals surface area contributed by atoms with Crippen molar-refractivity contribution in [3.8, 4) is 5.75 Å². The predicted molar refractivity (Wildman–Crippen MR) is 95.7 cm³/mol. The van der Waals surface area contributed by atoms with Crippen LogP contribution in [0.15, 0.2) is 48.8 Å². The highest BCUT2D eigenvalue weighted by Gasteiger charge is 2.21. The van der Waals surface area contributed by atoms with Gasteiger partial charge in [-0.15, -0.1) is 0 Å². The SMILES string of the molecule is CCOc1ccccc1NC(=O)CN(Cc1ccncc1)S(C)(=O)=O. The van der Waals surface area contributed by atoms with Gasteiger partial charge in [0.05, 0.1) is 25.1 Å². The first-order chi connectivity index (χ1) is 11.9. The zero-order valence-corrected chi connectivity index (χ0v) is 15.0. The number of rotatable bonds is 8. The molecule has 2 aromatic rings. The highest BCUT2D eigenvalue weighted by atomic mass is 32.2. The van der Waals surface area contributed by atoms with Crippen LogP contribution in [-0.2, 0) is 21.4 Å². The minimum atomic E-state index is -3.55. The van der Waals surface area contributed by atoms with Crippen LogP contribution in [0.5, 0.6) is 5.75 Å². The molecule has 8 heteroatoms. The van der Waals surface area contributed by atoms with Crippen LogP contribution in [0.4, 0.5) is 5.69 Å². The number of carbonyl (C=O) groups is 1. The minimum absolute atomic E-state index is 0.0991. The van der Waals surface area contributed by atoms with Gasteiger partial charge in [0.25, 0.3) is 0 Å². The molecule has 0 atom stereocenters. The van der Waals surface area contributed by atoms with E-state index in [1.807, 2.05) is 6.92 Å². The molecule has 0 spiro atoms. The van der Waals surface area contributed by atoms with Crippen molar-refractivity contribution >= 4 is 21.6 Å². The van der Waals surface area contributed by atoms with Crippen molar-refractivity contribution in [1.82, 2.24) is 9.29 Å². The van der Waals surface area contributed by atoms with Crippen molar-refractivity contribution in [2.24, 2.45) is 0 Å². The number of anilines is 1. The normalized spacial score (nSPS) is 11.3. The van der Waals surface area contributed by atoms with E-state index in [1.165, 1.54) is 0 Å². The maximum Gasteiger partial charge on any atom is 0.239 e. The second-order valence-electron chi connectivity index (χ2n) is 5.36. The number of amides is 1. The van der Waals surface area contributed by atoms with Gasteiger partial charge in [0, 0.05) is 18.9 Å². The van der Waals surface area contributed by atoms with Gasteiger partial charge in [-0.1, -0.05) is 12.1 Å². The van der Waals surface area contributed by atoms with Crippen LogP contribution in [0.3, 0.4) is 0 Å². The molecular formula is C17H21N3O4S. The molecular weight excluding hydrogens is 342 g/mol. The molecule has 134 valence electrons. The summed E-state index contributed by atoms with van der Waals surface area (Å²) in [6.45, 7) is 2.12. The maximum atomic E-state index is 12.3. The fraction of sp³-hybridized carbons (Fsp3) is 0.294. The number of hydrogen-bond donors (Lipinski definition) is 1. The molecule has 0 radical (unpaired) electrons. The Bertz CT molecular complexity index is 810. The van der Waals surface area contributed by atoms with Crippen LogP contribution >= 0.6 is 0 Å². The molecule has 0 bridgehead atoms. The summed E-state index contributed by atoms with van der Waals surface area (Å²) < 4.78 is 30.6. The van der Waals surface area contributed by atoms with Crippen molar-refractivity contribution in [1.29, 1.82) is 0 Å². The number of para-hydroxylation sites is 2. The third-order valence-corrected chi connectivity index (χ3v) is 4.55. The number of nitrogens with one attached hydrogen (secondary N) is 1. The molecule has 1 amide bonds. The number of ether oxygens (including phenoxy) is 1. The number of pyridine rings is 1. The molecule has 0 saturated carbocycles. The first-order valence-electron chi connectivity index (χ1n) is 7.76. The maximum absolute atomic E-state index is 12.3. The van der Waals surface area contributed by atoms with Gasteiger partial charge in [-0.05, 0) is 36.8 Å². The topological polar surface area (TPSA) is 88.6 Å². The van der Waals surface area contributed by atoms with E-state index in [-0.39, 0.29) is 13.1 Å². The molecule has 1 heterocycles. The largest absolute Gasteiger partial charge is 0.492 e. The molecule has 2 rings (SSSR count). The zero-order valence-electron chi connectivity index (χ0n) is 14.2. The van der Waals surface area contributed by atoms with Crippen molar-refractivity contribution in [2.75, 3.05) is 24.7 Å². The molecule has 1 aromatic heterocycles. The summed E-state index contributed by atoms with van der Waals surface area (Å²) in [5.41, 5.74) is 1.26. The molecule has 7 nitrogen and oxygen atoms in total. The van der Waals surface area contributed by atoms with Gasteiger partial charge in [-0.25, -0.2) is 8.42 Å². The van der Waals surface area contributed by atoms with Crippen LogP contribution in [0.1, 0.15) is 12.5 Å². The Morgan fingerprint density at radius 2 is 1.88 bits per heavy atom. The lowest BCUT2D eigenvalue weighted by molar-refractivity contribution is -0.116. The van der Waals surface area contributed by atoms with Gasteiger partial charge in [0.2, 0.25) is 15.9 Å². The average molecular weight is 363 g/mol. The smallest absolute Gasteiger partial charge is 0.239 e. The van der Waals surface area contributed by atoms with Crippen molar-refractivity contribution in [3.05, 3.63) is 54.4 Å². The zero-order chi connectivity index (χ0) is 18.3. The molecule has 0 saturated heterocycles. The lowest BCUT2D eigenvalue weighted by atomic mass is 10.2. The number of aromatic nitrogens is 1. The van der Waals surface area contributed by atoms with E-state index in [1.54, 1.807) is 48.8 Å². The van der Waals surface area contributed by atoms with E-state index in [4.69, 9.17) is 4.74 Å². The standard InChI is InChI=1S/C17H21N3O4S/c1-3-24-16-7-5-4-6-15(16)19-17(21)13-20(25(2,22)23)12-14-8-10-18-11-9-14/h4-11H,3,12-13H2,1-2H3,(H,19,21). The van der Waals surface area contributed by atoms with Crippen molar-refractivity contribution in [2.45, 2.75) is 13.5 Å². The van der Waals surface area contributed by atoms with Gasteiger partial charge in [0.1, 0.15) is 5.75 Å². The monoisotopic (exact) mass is 363 g/mol. The summed E-state index contributed by atoms with van der Waals surface area (Å²) in [5, 5.41) is 2.70. The fourth-order valence-electron chi connectivity index (χ4n) is 2.18. The molecule has 0 aliphatic heterocycles. The molecule has 0 aliphatic carbocycles. The summed E-state index contributed by atoms with van der Waals surface area (Å²) >= 11 is 0. The Kier molecular flexibility index (Phi) is 6.49. The highest BCUT2D eigenvalue weighted by molar-refractivity contribution is 7.88. The van der Waals surface area contributed by atoms with E-state index in [9.17, 15) is 13.2 Å². The molecule has 0 unspecified atom stereocenters. The molecule has 0 aliphatic rings. The molecule has 1 N–H and O–H groups in total. The quantitative estimate of drug-likeness (QED) is 0.774. The summed E-state index contributed by atoms with van der Waals surface area (Å²) in [7, 11) is -3.55. The van der Waals surface area contributed by atoms with E-state index < -0.39 is 15.9 Å². The van der Waals surface area contributed by atoms with E-state index >= 15 is 0 Å². The highest BCUT2D eigenvalue weighted by Crippen LogP contribution is 2.23. The predicted octanol–water partition coefficient (Wildman–Crippen LogP) is 1.88. The van der Waals surface area contributed by atoms with Gasteiger partial charge in [-0.2, -0.15) is 4.31 Å². The van der Waals surface area contributed by atoms with E-state index in [2.05, 4.69) is 10.3 Å². The Labute approximate surface area is 147 Å². The Balaban J connectivity index is 2.10. The molecule has 1 aromatic carbocycles. The van der Waals surface area contributed by atoms with Gasteiger partial charge >= 0.3 is 0 Å². The summed E-state index contributed by atoms with van der Waals surface area (Å²) in [5.74, 6) is 0.102. The number of carbonyl (C=O) groups excluding carboxylic acids is 1. The number of benzene rings is 1. The lowest BCUT2D eigenvalue weighted by Gasteiger charge is -2.20. The average Bonchev–Trinajstić information content (AvgIpc) is 2.56. The third-order valence-electron chi connectivity index (χ3n) is 3.36. The Morgan fingerprint density at radius 3 is 2.52 bits per heavy atom. The van der Waals surface area contributed by atoms with Gasteiger partial charge < -0.3 is 10.1 Å². The minimum Gasteiger partial charge on any atom is -0.492 e. The fourth-order valence-corrected chi connectivity index (χ4v) is 2.92. The van der Waals surface area contributed by atoms with E-state index in [0.29, 0.717) is 18.0 Å². The Hall–Kier alpha value is -2.45. The first kappa shape index (κ1) is 18.9. The van der Waals surface area contributed by atoms with E-state index in [0.717, 1.165) is 16.1 Å². The molecule has 0 fully saturated rings. The van der Waals surface area contributed by atoms with Crippen LogP contribution in [0.25, 0.3) is 0 Å². The van der Waals surface area contributed by atoms with Crippen molar-refractivity contribution < 1.29 is 17.9 Å². The number of hydrogen-bond acceptors (Lipinski definition) is 5.